The molecule has 0 saturated carbocycles. The monoisotopic (exact) mass is 854 g/mol. The number of carbonyl (C=O) groups is 6. The van der Waals surface area contributed by atoms with Crippen LogP contribution in [0.3, 0.4) is 0 Å². The second-order valence-corrected chi connectivity index (χ2v) is 17.5. The van der Waals surface area contributed by atoms with Gasteiger partial charge in [0, 0.05) is 19.9 Å². The highest BCUT2D eigenvalue weighted by atomic mass is 16.6. The van der Waals surface area contributed by atoms with Crippen molar-refractivity contribution in [2.24, 2.45) is 10.5 Å². The van der Waals surface area contributed by atoms with Gasteiger partial charge in [-0.05, 0) is 73.6 Å². The highest BCUT2D eigenvalue weighted by molar-refractivity contribution is 5.97. The minimum absolute atomic E-state index is 0.0578. The lowest BCUT2D eigenvalue weighted by molar-refractivity contribution is -0.308. The first-order chi connectivity index (χ1) is 29.1. The predicted molar refractivity (Wildman–Crippen MR) is 228 cm³/mol. The maximum Gasteiger partial charge on any atom is 0.410 e. The van der Waals surface area contributed by atoms with Crippen molar-refractivity contribution < 1.29 is 43.3 Å². The Morgan fingerprint density at radius 1 is 0.919 bits per heavy atom. The summed E-state index contributed by atoms with van der Waals surface area (Å²) in [7, 11) is 1.40. The molecule has 3 aromatic rings. The maximum atomic E-state index is 14.6. The lowest BCUT2D eigenvalue weighted by Gasteiger charge is -2.37. The Labute approximate surface area is 361 Å². The number of carboxylic acid groups (broad SMARTS) is 1. The zero-order chi connectivity index (χ0) is 45.9. The summed E-state index contributed by atoms with van der Waals surface area (Å²) >= 11 is 0. The van der Waals surface area contributed by atoms with Gasteiger partial charge in [0.2, 0.25) is 28.5 Å². The molecule has 1 saturated heterocycles. The van der Waals surface area contributed by atoms with E-state index in [2.05, 4.69) is 32.6 Å². The average Bonchev–Trinajstić information content (AvgIpc) is 3.64. The molecule has 3 aromatic carbocycles. The molecule has 4 rings (SSSR count). The molecule has 4 N–H and O–H groups in total. The van der Waals surface area contributed by atoms with Gasteiger partial charge in [0.25, 0.3) is 0 Å². The molecule has 0 aliphatic carbocycles. The third kappa shape index (κ3) is 13.2. The van der Waals surface area contributed by atoms with Crippen LogP contribution in [0.4, 0.5) is 4.79 Å². The predicted octanol–water partition coefficient (Wildman–Crippen LogP) is 3.22. The van der Waals surface area contributed by atoms with Crippen molar-refractivity contribution in [3.05, 3.63) is 90.5 Å². The van der Waals surface area contributed by atoms with Crippen LogP contribution >= 0.6 is 0 Å². The molecular weight excluding hydrogens is 797 g/mol. The van der Waals surface area contributed by atoms with Crippen LogP contribution in [0.2, 0.25) is 0 Å². The topological polar surface area (TPSA) is 237 Å². The number of ether oxygens (including phenoxy) is 2. The van der Waals surface area contributed by atoms with Crippen molar-refractivity contribution in [3.63, 3.8) is 0 Å². The molecule has 6 atom stereocenters. The molecular formula is C45H58N8O9. The molecule has 5 amide bonds. The van der Waals surface area contributed by atoms with Gasteiger partial charge < -0.3 is 40.2 Å². The molecule has 1 aliphatic heterocycles. The summed E-state index contributed by atoms with van der Waals surface area (Å²) in [6.45, 7) is 15.5. The van der Waals surface area contributed by atoms with Gasteiger partial charge >= 0.3 is 6.09 Å². The number of hydrogen-bond donors (Lipinski definition) is 4. The quantitative estimate of drug-likeness (QED) is 0.0885. The van der Waals surface area contributed by atoms with Crippen LogP contribution in [-0.2, 0) is 41.6 Å². The van der Waals surface area contributed by atoms with E-state index >= 15 is 0 Å². The van der Waals surface area contributed by atoms with Crippen LogP contribution in [0.15, 0.2) is 84.5 Å². The van der Waals surface area contributed by atoms with Crippen molar-refractivity contribution in [2.45, 2.75) is 110 Å². The van der Waals surface area contributed by atoms with Gasteiger partial charge in [-0.15, -0.1) is 0 Å². The first-order valence-corrected chi connectivity index (χ1v) is 20.4. The summed E-state index contributed by atoms with van der Waals surface area (Å²) in [5.41, 5.74) is 6.87. The highest BCUT2D eigenvalue weighted by Crippen LogP contribution is 2.28. The number of hydrogen-bond acceptors (Lipinski definition) is 11. The zero-order valence-electron chi connectivity index (χ0n) is 36.6. The van der Waals surface area contributed by atoms with Gasteiger partial charge in [-0.1, -0.05) is 88.0 Å². The Kier molecular flexibility index (Phi) is 16.1. The van der Waals surface area contributed by atoms with Crippen molar-refractivity contribution in [2.75, 3.05) is 20.2 Å². The summed E-state index contributed by atoms with van der Waals surface area (Å²) in [5, 5.41) is 26.2. The summed E-state index contributed by atoms with van der Waals surface area (Å²) in [6.07, 6.45) is 0.588. The van der Waals surface area contributed by atoms with Crippen molar-refractivity contribution >= 4 is 46.5 Å². The summed E-state index contributed by atoms with van der Waals surface area (Å²) < 4.78 is 10.9. The number of likely N-dealkylation sites (tertiary alicyclic amines) is 1. The van der Waals surface area contributed by atoms with Crippen molar-refractivity contribution in [1.82, 2.24) is 30.7 Å². The smallest absolute Gasteiger partial charge is 0.410 e. The van der Waals surface area contributed by atoms with E-state index in [4.69, 9.17) is 15.0 Å². The molecule has 1 fully saturated rings. The number of carbonyl (C=O) groups excluding carboxylic acids is 6. The molecule has 1 heterocycles. The lowest BCUT2D eigenvalue weighted by Crippen LogP contribution is -2.61. The fourth-order valence-electron chi connectivity index (χ4n) is 6.87. The van der Waals surface area contributed by atoms with Gasteiger partial charge in [0.15, 0.2) is 6.04 Å². The lowest BCUT2D eigenvalue weighted by atomic mass is 9.85. The van der Waals surface area contributed by atoms with Gasteiger partial charge in [-0.2, -0.15) is 0 Å². The Morgan fingerprint density at radius 2 is 1.55 bits per heavy atom. The van der Waals surface area contributed by atoms with E-state index in [1.807, 2.05) is 36.4 Å². The third-order valence-electron chi connectivity index (χ3n) is 10.3. The maximum absolute atomic E-state index is 14.6. The van der Waals surface area contributed by atoms with Gasteiger partial charge in [-0.3, -0.25) is 24.1 Å². The standard InChI is InChI=1S/C45H58N8O9/c1-10-21-61-33-19-16-28(17-20-33)23-35(42(58)59)48-39(55)34(24-29-15-18-30-13-11-12-14-31(30)22-29)47-40(56)36-25-32(50-51-46)26-53(36)41(57)37(44(3,4)5)49-38(54)27(2)52(9)43(60)62-45(6,7)8/h10-20,22,27,32,34-37,46H,1,21,23-26H2,2-9H3,(H3-,47,48,49,54,55,56,58,59)/t27?,32-,34?,35?,36-,37?/m0/s1. The van der Waals surface area contributed by atoms with E-state index in [0.717, 1.165) is 15.7 Å². The van der Waals surface area contributed by atoms with Crippen molar-refractivity contribution in [1.29, 1.82) is 5.53 Å². The SMILES string of the molecule is C=CCOc1ccc(CC(NC(=O)C(Cc2ccc3ccccc3c2)NC(=O)[C@@H]2C[C@H](N=[N+]=N)CN2C(=O)C(NC(=O)C(C)N(C)C(=O)OC(C)(C)C)C(C)(C)C)C(=O)[O-])cc1. The van der Waals surface area contributed by atoms with Gasteiger partial charge in [0.1, 0.15) is 52.8 Å². The number of nitrogens with zero attached hydrogens (tertiary/aromatic N) is 4. The molecule has 0 radical (unpaired) electrons. The van der Waals surface area contributed by atoms with E-state index in [1.54, 1.807) is 78.0 Å². The fraction of sp³-hybridized carbons (Fsp3) is 0.467. The minimum Gasteiger partial charge on any atom is -0.548 e. The number of nitrogens with one attached hydrogen (secondary N) is 4. The number of fused-ring (bicyclic) bond motifs is 1. The van der Waals surface area contributed by atoms with E-state index in [-0.39, 0.29) is 32.4 Å². The highest BCUT2D eigenvalue weighted by Gasteiger charge is 2.47. The number of carboxylic acids is 1. The molecule has 17 heteroatoms. The van der Waals surface area contributed by atoms with Gasteiger partial charge in [-0.25, -0.2) is 4.79 Å². The summed E-state index contributed by atoms with van der Waals surface area (Å²) in [6, 6.07) is 12.7. The Bertz CT molecular complexity index is 2180. The molecule has 0 aromatic heterocycles. The first kappa shape index (κ1) is 48.1. The molecule has 17 nitrogen and oxygen atoms in total. The van der Waals surface area contributed by atoms with E-state index in [9.17, 15) is 33.9 Å². The second kappa shape index (κ2) is 20.8. The Morgan fingerprint density at radius 3 is 2.15 bits per heavy atom. The van der Waals surface area contributed by atoms with Crippen molar-refractivity contribution in [3.8, 4) is 5.75 Å². The molecule has 62 heavy (non-hydrogen) atoms. The largest absolute Gasteiger partial charge is 0.548 e. The normalized spacial score (nSPS) is 17.0. The average molecular weight is 855 g/mol. The number of aliphatic carboxylic acids is 1. The molecule has 4 unspecified atom stereocenters. The summed E-state index contributed by atoms with van der Waals surface area (Å²) in [4.78, 5) is 87.5. The van der Waals surface area contributed by atoms with Crippen LogP contribution in [0.5, 0.6) is 5.75 Å². The number of rotatable bonds is 17. The second-order valence-electron chi connectivity index (χ2n) is 17.5. The van der Waals surface area contributed by atoms with Crippen LogP contribution in [0, 0.1) is 10.9 Å². The van der Waals surface area contributed by atoms with Crippen LogP contribution in [-0.4, -0.2) is 108 Å². The minimum atomic E-state index is -1.54. The fourth-order valence-corrected chi connectivity index (χ4v) is 6.87. The van der Waals surface area contributed by atoms with Crippen LogP contribution < -0.4 is 30.7 Å². The number of benzene rings is 3. The molecule has 0 bridgehead atoms. The number of likely N-dealkylation sites (N-methyl/N-ethyl adjacent to an activating group) is 1. The van der Waals surface area contributed by atoms with Gasteiger partial charge in [0.05, 0.1) is 18.6 Å². The molecule has 1 aliphatic rings. The van der Waals surface area contributed by atoms with Crippen LogP contribution in [0.25, 0.3) is 10.8 Å². The van der Waals surface area contributed by atoms with E-state index < -0.39 is 83.0 Å². The van der Waals surface area contributed by atoms with Crippen LogP contribution in [0.1, 0.15) is 66.0 Å². The number of amides is 5. The zero-order valence-corrected chi connectivity index (χ0v) is 36.6. The molecule has 332 valence electrons. The third-order valence-corrected chi connectivity index (χ3v) is 10.3. The van der Waals surface area contributed by atoms with E-state index in [1.165, 1.54) is 18.9 Å². The first-order valence-electron chi connectivity index (χ1n) is 20.4. The Balaban J connectivity index is 1.63. The summed E-state index contributed by atoms with van der Waals surface area (Å²) in [5.74, 6) is -3.86. The van der Waals surface area contributed by atoms with E-state index in [0.29, 0.717) is 16.9 Å². The molecule has 0 spiro atoms. The Hall–Kier alpha value is -6.61.